The van der Waals surface area contributed by atoms with Crippen LogP contribution in [0.25, 0.3) is 10.8 Å². The van der Waals surface area contributed by atoms with Crippen molar-refractivity contribution in [3.8, 4) is 0 Å². The van der Waals surface area contributed by atoms with Gasteiger partial charge >= 0.3 is 0 Å². The van der Waals surface area contributed by atoms with Crippen LogP contribution in [0.3, 0.4) is 0 Å². The van der Waals surface area contributed by atoms with Gasteiger partial charge in [0, 0.05) is 15.8 Å². The van der Waals surface area contributed by atoms with E-state index in [-0.39, 0.29) is 4.90 Å². The standard InChI is InChI=1S/C11H10ClNO2S/c1-13-16(14,15)11-7-3-4-8-9(11)5-2-6-10(8)12/h2-7,13H,1H3. The quantitative estimate of drug-likeness (QED) is 0.896. The van der Waals surface area contributed by atoms with E-state index in [1.54, 1.807) is 36.4 Å². The molecule has 0 saturated heterocycles. The summed E-state index contributed by atoms with van der Waals surface area (Å²) in [5.74, 6) is 0. The van der Waals surface area contributed by atoms with E-state index in [4.69, 9.17) is 11.6 Å². The summed E-state index contributed by atoms with van der Waals surface area (Å²) in [5, 5.41) is 1.91. The van der Waals surface area contributed by atoms with Crippen molar-refractivity contribution >= 4 is 32.4 Å². The summed E-state index contributed by atoms with van der Waals surface area (Å²) in [6, 6.07) is 10.2. The first-order chi connectivity index (χ1) is 7.56. The minimum absolute atomic E-state index is 0.245. The van der Waals surface area contributed by atoms with Gasteiger partial charge in [0.05, 0.1) is 4.90 Å². The molecule has 16 heavy (non-hydrogen) atoms. The van der Waals surface area contributed by atoms with Crippen LogP contribution < -0.4 is 4.72 Å². The number of rotatable bonds is 2. The first-order valence-electron chi connectivity index (χ1n) is 4.67. The van der Waals surface area contributed by atoms with E-state index in [0.717, 1.165) is 5.39 Å². The Morgan fingerprint density at radius 2 is 1.69 bits per heavy atom. The molecule has 3 nitrogen and oxygen atoms in total. The zero-order valence-corrected chi connectivity index (χ0v) is 10.1. The monoisotopic (exact) mass is 255 g/mol. The van der Waals surface area contributed by atoms with Crippen LogP contribution in [0.1, 0.15) is 0 Å². The van der Waals surface area contributed by atoms with Crippen molar-refractivity contribution in [3.05, 3.63) is 41.4 Å². The molecular formula is C11H10ClNO2S. The Bertz CT molecular complexity index is 637. The highest BCUT2D eigenvalue weighted by Crippen LogP contribution is 2.28. The third-order valence-corrected chi connectivity index (χ3v) is 4.19. The van der Waals surface area contributed by atoms with Crippen LogP contribution in [-0.4, -0.2) is 15.5 Å². The molecule has 0 bridgehead atoms. The summed E-state index contributed by atoms with van der Waals surface area (Å²) in [7, 11) is -2.06. The fraction of sp³-hybridized carbons (Fsp3) is 0.0909. The van der Waals surface area contributed by atoms with Crippen LogP contribution in [-0.2, 0) is 10.0 Å². The molecule has 1 N–H and O–H groups in total. The molecule has 0 heterocycles. The number of nitrogens with one attached hydrogen (secondary N) is 1. The summed E-state index contributed by atoms with van der Waals surface area (Å²) in [5.41, 5.74) is 0. The maximum absolute atomic E-state index is 11.8. The van der Waals surface area contributed by atoms with Crippen LogP contribution in [0.5, 0.6) is 0 Å². The van der Waals surface area contributed by atoms with Crippen LogP contribution >= 0.6 is 11.6 Å². The molecule has 2 aromatic carbocycles. The van der Waals surface area contributed by atoms with E-state index in [2.05, 4.69) is 4.72 Å². The van der Waals surface area contributed by atoms with Crippen LogP contribution in [0, 0.1) is 0 Å². The van der Waals surface area contributed by atoms with Gasteiger partial charge in [0.2, 0.25) is 10.0 Å². The van der Waals surface area contributed by atoms with Crippen molar-refractivity contribution in [1.82, 2.24) is 4.72 Å². The van der Waals surface area contributed by atoms with E-state index in [9.17, 15) is 8.42 Å². The lowest BCUT2D eigenvalue weighted by atomic mass is 10.1. The maximum atomic E-state index is 11.8. The molecule has 0 saturated carbocycles. The van der Waals surface area contributed by atoms with E-state index >= 15 is 0 Å². The first kappa shape index (κ1) is 11.4. The van der Waals surface area contributed by atoms with Crippen molar-refractivity contribution in [2.24, 2.45) is 0 Å². The molecule has 0 aliphatic carbocycles. The Hall–Kier alpha value is -1.10. The maximum Gasteiger partial charge on any atom is 0.240 e. The molecule has 0 aliphatic rings. The van der Waals surface area contributed by atoms with Crippen LogP contribution in [0.15, 0.2) is 41.3 Å². The number of hydrogen-bond donors (Lipinski definition) is 1. The molecule has 0 aromatic heterocycles. The first-order valence-corrected chi connectivity index (χ1v) is 6.53. The molecule has 0 fully saturated rings. The van der Waals surface area contributed by atoms with Crippen molar-refractivity contribution in [1.29, 1.82) is 0 Å². The smallest absolute Gasteiger partial charge is 0.214 e. The lowest BCUT2D eigenvalue weighted by molar-refractivity contribution is 0.589. The summed E-state index contributed by atoms with van der Waals surface area (Å²) in [6.07, 6.45) is 0. The third kappa shape index (κ3) is 1.80. The Balaban J connectivity index is 2.88. The van der Waals surface area contributed by atoms with Gasteiger partial charge in [0.1, 0.15) is 0 Å². The van der Waals surface area contributed by atoms with Gasteiger partial charge in [0.25, 0.3) is 0 Å². The van der Waals surface area contributed by atoms with Crippen LogP contribution in [0.2, 0.25) is 5.02 Å². The SMILES string of the molecule is CNS(=O)(=O)c1cccc2c(Cl)cccc12. The van der Waals surface area contributed by atoms with Gasteiger partial charge in [-0.1, -0.05) is 35.9 Å². The Morgan fingerprint density at radius 1 is 1.06 bits per heavy atom. The third-order valence-electron chi connectivity index (χ3n) is 2.39. The van der Waals surface area contributed by atoms with Gasteiger partial charge in [-0.3, -0.25) is 0 Å². The number of halogens is 1. The van der Waals surface area contributed by atoms with E-state index in [1.807, 2.05) is 0 Å². The molecule has 84 valence electrons. The lowest BCUT2D eigenvalue weighted by Crippen LogP contribution is -2.18. The molecule has 0 spiro atoms. The van der Waals surface area contributed by atoms with E-state index in [0.29, 0.717) is 10.4 Å². The van der Waals surface area contributed by atoms with E-state index in [1.165, 1.54) is 7.05 Å². The highest BCUT2D eigenvalue weighted by molar-refractivity contribution is 7.89. The lowest BCUT2D eigenvalue weighted by Gasteiger charge is -2.07. The number of benzene rings is 2. The molecule has 0 aliphatic heterocycles. The molecule has 0 amide bonds. The second-order valence-corrected chi connectivity index (χ2v) is 5.56. The summed E-state index contributed by atoms with van der Waals surface area (Å²) in [6.45, 7) is 0. The van der Waals surface area contributed by atoms with Gasteiger partial charge in [-0.2, -0.15) is 0 Å². The molecule has 2 rings (SSSR count). The van der Waals surface area contributed by atoms with Gasteiger partial charge in [-0.15, -0.1) is 0 Å². The van der Waals surface area contributed by atoms with Gasteiger partial charge in [-0.25, -0.2) is 13.1 Å². The normalized spacial score (nSPS) is 11.9. The summed E-state index contributed by atoms with van der Waals surface area (Å²) >= 11 is 6.01. The van der Waals surface area contributed by atoms with Gasteiger partial charge < -0.3 is 0 Å². The molecule has 0 atom stereocenters. The summed E-state index contributed by atoms with van der Waals surface area (Å²) < 4.78 is 25.8. The Labute approximate surface area is 99.1 Å². The van der Waals surface area contributed by atoms with Crippen molar-refractivity contribution in [2.75, 3.05) is 7.05 Å². The minimum atomic E-state index is -3.45. The number of sulfonamides is 1. The van der Waals surface area contributed by atoms with Crippen molar-refractivity contribution < 1.29 is 8.42 Å². The number of fused-ring (bicyclic) bond motifs is 1. The predicted octanol–water partition coefficient (Wildman–Crippen LogP) is 2.40. The average molecular weight is 256 g/mol. The fourth-order valence-electron chi connectivity index (χ4n) is 1.59. The average Bonchev–Trinajstić information content (AvgIpc) is 2.29. The van der Waals surface area contributed by atoms with Gasteiger partial charge in [0.15, 0.2) is 0 Å². The second-order valence-electron chi connectivity index (χ2n) is 3.30. The zero-order chi connectivity index (χ0) is 11.8. The molecule has 0 unspecified atom stereocenters. The van der Waals surface area contributed by atoms with Crippen LogP contribution in [0.4, 0.5) is 0 Å². The van der Waals surface area contributed by atoms with E-state index < -0.39 is 10.0 Å². The Morgan fingerprint density at radius 3 is 2.38 bits per heavy atom. The Kier molecular flexibility index (Phi) is 2.88. The van der Waals surface area contributed by atoms with Gasteiger partial charge in [-0.05, 0) is 19.2 Å². The zero-order valence-electron chi connectivity index (χ0n) is 8.57. The molecule has 5 heteroatoms. The minimum Gasteiger partial charge on any atom is -0.214 e. The predicted molar refractivity (Wildman–Crippen MR) is 65.2 cm³/mol. The largest absolute Gasteiger partial charge is 0.240 e. The topological polar surface area (TPSA) is 46.2 Å². The van der Waals surface area contributed by atoms with Crippen molar-refractivity contribution in [3.63, 3.8) is 0 Å². The highest BCUT2D eigenvalue weighted by atomic mass is 35.5. The fourth-order valence-corrected chi connectivity index (χ4v) is 2.77. The molecule has 2 aromatic rings. The second kappa shape index (κ2) is 4.05. The summed E-state index contributed by atoms with van der Waals surface area (Å²) in [4.78, 5) is 0.245. The highest BCUT2D eigenvalue weighted by Gasteiger charge is 2.15. The van der Waals surface area contributed by atoms with Crippen molar-refractivity contribution in [2.45, 2.75) is 4.90 Å². The number of hydrogen-bond acceptors (Lipinski definition) is 2. The molecule has 0 radical (unpaired) electrons. The molecular weight excluding hydrogens is 246 g/mol.